The second-order valence-corrected chi connectivity index (χ2v) is 3.56. The number of hydrogen-bond donors (Lipinski definition) is 1. The quantitative estimate of drug-likeness (QED) is 0.813. The maximum absolute atomic E-state index is 12.0. The molecule has 2 nitrogen and oxygen atoms in total. The fourth-order valence-electron chi connectivity index (χ4n) is 1.31. The van der Waals surface area contributed by atoms with Crippen LogP contribution in [0.2, 0.25) is 0 Å². The molecule has 0 bridgehead atoms. The first kappa shape index (κ1) is 12.9. The van der Waals surface area contributed by atoms with Crippen molar-refractivity contribution in [2.75, 3.05) is 6.61 Å². The molecule has 0 aliphatic carbocycles. The number of aliphatic hydroxyl groups is 1. The first-order chi connectivity index (χ1) is 7.63. The van der Waals surface area contributed by atoms with Crippen LogP contribution in [0.25, 0.3) is 0 Å². The molecule has 1 aromatic rings. The zero-order chi connectivity index (χ0) is 12.0. The lowest BCUT2D eigenvalue weighted by Crippen LogP contribution is -2.03. The Labute approximate surface area is 93.9 Å². The molecular weight excluding hydrogens is 214 g/mol. The van der Waals surface area contributed by atoms with Gasteiger partial charge in [-0.2, -0.15) is 0 Å². The highest BCUT2D eigenvalue weighted by molar-refractivity contribution is 5.28. The van der Waals surface area contributed by atoms with E-state index in [4.69, 9.17) is 4.74 Å². The van der Waals surface area contributed by atoms with Crippen molar-refractivity contribution in [3.05, 3.63) is 29.8 Å². The molecule has 1 rings (SSSR count). The Morgan fingerprint density at radius 3 is 2.38 bits per heavy atom. The molecule has 0 heterocycles. The highest BCUT2D eigenvalue weighted by Gasteiger charge is 2.13. The van der Waals surface area contributed by atoms with E-state index in [-0.39, 0.29) is 0 Å². The Kier molecular flexibility index (Phi) is 5.19. The Morgan fingerprint density at radius 1 is 1.25 bits per heavy atom. The van der Waals surface area contributed by atoms with Crippen LogP contribution in [0.15, 0.2) is 24.3 Å². The lowest BCUT2D eigenvalue weighted by molar-refractivity contribution is 0.0611. The van der Waals surface area contributed by atoms with Gasteiger partial charge in [0.25, 0.3) is 0 Å². The lowest BCUT2D eigenvalue weighted by Gasteiger charge is -2.11. The van der Waals surface area contributed by atoms with E-state index in [1.54, 1.807) is 24.3 Å². The van der Waals surface area contributed by atoms with Crippen LogP contribution in [0, 0.1) is 0 Å². The van der Waals surface area contributed by atoms with Gasteiger partial charge in [-0.05, 0) is 24.1 Å². The van der Waals surface area contributed by atoms with Crippen LogP contribution in [-0.4, -0.2) is 18.1 Å². The molecule has 1 N–H and O–H groups in total. The molecule has 0 aliphatic rings. The van der Waals surface area contributed by atoms with Gasteiger partial charge in [0.1, 0.15) is 5.75 Å². The van der Waals surface area contributed by atoms with Crippen molar-refractivity contribution < 1.29 is 18.6 Å². The maximum atomic E-state index is 12.0. The predicted octanol–water partition coefficient (Wildman–Crippen LogP) is 3.16. The lowest BCUT2D eigenvalue weighted by atomic mass is 10.1. The number of rotatable bonds is 6. The van der Waals surface area contributed by atoms with E-state index in [1.807, 2.05) is 6.92 Å². The second kappa shape index (κ2) is 6.43. The molecular formula is C12H16F2O2. The third-order valence-electron chi connectivity index (χ3n) is 2.14. The zero-order valence-electron chi connectivity index (χ0n) is 9.20. The van der Waals surface area contributed by atoms with Gasteiger partial charge in [-0.3, -0.25) is 0 Å². The summed E-state index contributed by atoms with van der Waals surface area (Å²) in [7, 11) is 0. The summed E-state index contributed by atoms with van der Waals surface area (Å²) in [4.78, 5) is 0. The Hall–Kier alpha value is -1.16. The standard InChI is InChI=1S/C12H16F2O2/c1-2-7-16-10-5-3-9(4-6-10)11(15)8-12(13)14/h3-6,11-12,15H,2,7-8H2,1H3. The first-order valence-electron chi connectivity index (χ1n) is 5.32. The van der Waals surface area contributed by atoms with Crippen LogP contribution in [0.1, 0.15) is 31.4 Å². The molecule has 4 heteroatoms. The Morgan fingerprint density at radius 2 is 1.88 bits per heavy atom. The van der Waals surface area contributed by atoms with Gasteiger partial charge in [-0.25, -0.2) is 8.78 Å². The number of aliphatic hydroxyl groups excluding tert-OH is 1. The topological polar surface area (TPSA) is 29.5 Å². The Bertz CT molecular complexity index is 298. The average Bonchev–Trinajstić information content (AvgIpc) is 2.26. The van der Waals surface area contributed by atoms with Crippen LogP contribution in [0.5, 0.6) is 5.75 Å². The minimum Gasteiger partial charge on any atom is -0.494 e. The van der Waals surface area contributed by atoms with Crippen LogP contribution in [-0.2, 0) is 0 Å². The van der Waals surface area contributed by atoms with Crippen LogP contribution >= 0.6 is 0 Å². The summed E-state index contributed by atoms with van der Waals surface area (Å²) in [6.07, 6.45) is -3.23. The van der Waals surface area contributed by atoms with Crippen molar-refractivity contribution in [2.24, 2.45) is 0 Å². The van der Waals surface area contributed by atoms with E-state index >= 15 is 0 Å². The monoisotopic (exact) mass is 230 g/mol. The third kappa shape index (κ3) is 4.14. The van der Waals surface area contributed by atoms with Gasteiger partial charge < -0.3 is 9.84 Å². The summed E-state index contributed by atoms with van der Waals surface area (Å²) in [5, 5.41) is 9.44. The van der Waals surface area contributed by atoms with E-state index in [0.717, 1.165) is 6.42 Å². The summed E-state index contributed by atoms with van der Waals surface area (Å²) >= 11 is 0. The number of hydrogen-bond acceptors (Lipinski definition) is 2. The average molecular weight is 230 g/mol. The fraction of sp³-hybridized carbons (Fsp3) is 0.500. The first-order valence-corrected chi connectivity index (χ1v) is 5.32. The summed E-state index contributed by atoms with van der Waals surface area (Å²) in [6, 6.07) is 6.58. The highest BCUT2D eigenvalue weighted by Crippen LogP contribution is 2.22. The summed E-state index contributed by atoms with van der Waals surface area (Å²) in [6.45, 7) is 2.62. The molecule has 16 heavy (non-hydrogen) atoms. The van der Waals surface area contributed by atoms with Gasteiger partial charge in [0, 0.05) is 6.42 Å². The van der Waals surface area contributed by atoms with Gasteiger partial charge >= 0.3 is 0 Å². The number of ether oxygens (including phenoxy) is 1. The van der Waals surface area contributed by atoms with Crippen LogP contribution < -0.4 is 4.74 Å². The SMILES string of the molecule is CCCOc1ccc(C(O)CC(F)F)cc1. The van der Waals surface area contributed by atoms with Crippen molar-refractivity contribution in [1.29, 1.82) is 0 Å². The molecule has 0 fully saturated rings. The van der Waals surface area contributed by atoms with Crippen LogP contribution in [0.3, 0.4) is 0 Å². The molecule has 0 spiro atoms. The van der Waals surface area contributed by atoms with E-state index < -0.39 is 19.0 Å². The minimum atomic E-state index is -2.49. The molecule has 1 aromatic carbocycles. The van der Waals surface area contributed by atoms with Gasteiger partial charge in [0.2, 0.25) is 6.43 Å². The smallest absolute Gasteiger partial charge is 0.241 e. The summed E-state index contributed by atoms with van der Waals surface area (Å²) in [5.41, 5.74) is 0.490. The molecule has 0 aliphatic heterocycles. The van der Waals surface area contributed by atoms with Crippen molar-refractivity contribution in [3.63, 3.8) is 0 Å². The minimum absolute atomic E-state index is 0.490. The number of halogens is 2. The Balaban J connectivity index is 2.56. The normalized spacial score (nSPS) is 12.8. The maximum Gasteiger partial charge on any atom is 0.241 e. The van der Waals surface area contributed by atoms with Crippen molar-refractivity contribution >= 4 is 0 Å². The molecule has 0 saturated heterocycles. The largest absolute Gasteiger partial charge is 0.494 e. The van der Waals surface area contributed by atoms with E-state index in [2.05, 4.69) is 0 Å². The molecule has 1 unspecified atom stereocenters. The number of benzene rings is 1. The van der Waals surface area contributed by atoms with Crippen LogP contribution in [0.4, 0.5) is 8.78 Å². The molecule has 1 atom stereocenters. The van der Waals surface area contributed by atoms with E-state index in [9.17, 15) is 13.9 Å². The molecule has 0 amide bonds. The zero-order valence-corrected chi connectivity index (χ0v) is 9.20. The molecule has 90 valence electrons. The highest BCUT2D eigenvalue weighted by atomic mass is 19.3. The fourth-order valence-corrected chi connectivity index (χ4v) is 1.31. The molecule has 0 aromatic heterocycles. The summed E-state index contributed by atoms with van der Waals surface area (Å²) in [5.74, 6) is 0.690. The van der Waals surface area contributed by atoms with Crippen molar-refractivity contribution in [3.8, 4) is 5.75 Å². The van der Waals surface area contributed by atoms with Gasteiger partial charge in [0.05, 0.1) is 12.7 Å². The van der Waals surface area contributed by atoms with E-state index in [1.165, 1.54) is 0 Å². The van der Waals surface area contributed by atoms with E-state index in [0.29, 0.717) is 17.9 Å². The second-order valence-electron chi connectivity index (χ2n) is 3.56. The number of alkyl halides is 2. The van der Waals surface area contributed by atoms with Gasteiger partial charge in [0.15, 0.2) is 0 Å². The van der Waals surface area contributed by atoms with Gasteiger partial charge in [-0.15, -0.1) is 0 Å². The molecule has 0 saturated carbocycles. The third-order valence-corrected chi connectivity index (χ3v) is 2.14. The summed E-state index contributed by atoms with van der Waals surface area (Å²) < 4.78 is 29.4. The predicted molar refractivity (Wildman–Crippen MR) is 57.8 cm³/mol. The van der Waals surface area contributed by atoms with Gasteiger partial charge in [-0.1, -0.05) is 19.1 Å². The van der Waals surface area contributed by atoms with Crippen molar-refractivity contribution in [2.45, 2.75) is 32.3 Å². The molecule has 0 radical (unpaired) electrons. The van der Waals surface area contributed by atoms with Crippen molar-refractivity contribution in [1.82, 2.24) is 0 Å².